The lowest BCUT2D eigenvalue weighted by Crippen LogP contribution is -2.46. The van der Waals surface area contributed by atoms with Gasteiger partial charge in [-0.2, -0.15) is 5.10 Å². The maximum absolute atomic E-state index is 9.04. The summed E-state index contributed by atoms with van der Waals surface area (Å²) in [6.45, 7) is 5.82. The fraction of sp³-hybridized carbons (Fsp3) is 0.409. The second kappa shape index (κ2) is 9.80. The van der Waals surface area contributed by atoms with Gasteiger partial charge in [0, 0.05) is 69.6 Å². The number of anilines is 1. The van der Waals surface area contributed by atoms with Crippen LogP contribution in [0.4, 0.5) is 5.82 Å². The topological polar surface area (TPSA) is 79.5 Å². The summed E-state index contributed by atoms with van der Waals surface area (Å²) in [5, 5.41) is 13.3. The van der Waals surface area contributed by atoms with E-state index in [1.165, 1.54) is 5.56 Å². The summed E-state index contributed by atoms with van der Waals surface area (Å²) in [7, 11) is 1.70. The van der Waals surface area contributed by atoms with E-state index < -0.39 is 0 Å². The summed E-state index contributed by atoms with van der Waals surface area (Å²) in [5.41, 5.74) is 4.30. The Hall–Kier alpha value is -2.81. The lowest BCUT2D eigenvalue weighted by Gasteiger charge is -2.35. The van der Waals surface area contributed by atoms with Gasteiger partial charge in [-0.15, -0.1) is 0 Å². The van der Waals surface area contributed by atoms with Crippen molar-refractivity contribution in [2.45, 2.75) is 19.7 Å². The highest BCUT2D eigenvalue weighted by Gasteiger charge is 2.21. The molecule has 1 saturated heterocycles. The van der Waals surface area contributed by atoms with Crippen LogP contribution in [0.1, 0.15) is 11.1 Å². The van der Waals surface area contributed by atoms with Crippen molar-refractivity contribution in [1.29, 1.82) is 0 Å². The molecule has 2 aromatic heterocycles. The van der Waals surface area contributed by atoms with Crippen molar-refractivity contribution in [3.05, 3.63) is 60.2 Å². The quantitative estimate of drug-likeness (QED) is 0.609. The smallest absolute Gasteiger partial charge is 0.155 e. The Bertz CT molecular complexity index is 935. The molecule has 0 saturated carbocycles. The molecule has 3 heterocycles. The number of ether oxygens (including phenoxy) is 1. The summed E-state index contributed by atoms with van der Waals surface area (Å²) in [6.07, 6.45) is 7.41. The van der Waals surface area contributed by atoms with Crippen LogP contribution in [0, 0.1) is 0 Å². The predicted molar refractivity (Wildman–Crippen MR) is 115 cm³/mol. The molecule has 0 amide bonds. The second-order valence-electron chi connectivity index (χ2n) is 7.46. The van der Waals surface area contributed by atoms with Crippen molar-refractivity contribution in [3.63, 3.8) is 0 Å². The number of rotatable bonds is 8. The van der Waals surface area contributed by atoms with Crippen LogP contribution in [-0.4, -0.2) is 69.7 Å². The fourth-order valence-corrected chi connectivity index (χ4v) is 3.78. The third kappa shape index (κ3) is 4.84. The van der Waals surface area contributed by atoms with Crippen LogP contribution < -0.4 is 4.90 Å². The standard InChI is InChI=1S/C22H28N6O2/c1-30-17-18-2-4-20(5-3-18)21-22(24-7-6-23-21)27-10-8-26(9-11-27)15-19-14-25-28(16-19)12-13-29/h2-7,14,16,29H,8-13,15,17H2,1H3. The molecule has 3 aromatic rings. The molecular formula is C22H28N6O2. The summed E-state index contributed by atoms with van der Waals surface area (Å²) in [5.74, 6) is 0.937. The highest BCUT2D eigenvalue weighted by Crippen LogP contribution is 2.27. The number of methoxy groups -OCH3 is 1. The van der Waals surface area contributed by atoms with Gasteiger partial charge < -0.3 is 14.7 Å². The molecule has 1 aliphatic rings. The van der Waals surface area contributed by atoms with E-state index in [0.29, 0.717) is 13.2 Å². The zero-order valence-corrected chi connectivity index (χ0v) is 17.3. The van der Waals surface area contributed by atoms with Crippen LogP contribution in [-0.2, 0) is 24.4 Å². The molecule has 8 nitrogen and oxygen atoms in total. The predicted octanol–water partition coefficient (Wildman–Crippen LogP) is 1.80. The van der Waals surface area contributed by atoms with E-state index in [2.05, 4.69) is 49.1 Å². The SMILES string of the molecule is COCc1ccc(-c2nccnc2N2CCN(Cc3cnn(CCO)c3)CC2)cc1. The third-order valence-electron chi connectivity index (χ3n) is 5.31. The molecule has 0 aliphatic carbocycles. The molecule has 4 rings (SSSR count). The van der Waals surface area contributed by atoms with Gasteiger partial charge in [0.1, 0.15) is 5.69 Å². The van der Waals surface area contributed by atoms with E-state index in [-0.39, 0.29) is 6.61 Å². The largest absolute Gasteiger partial charge is 0.394 e. The Balaban J connectivity index is 1.41. The van der Waals surface area contributed by atoms with Gasteiger partial charge in [-0.25, -0.2) is 4.98 Å². The average Bonchev–Trinajstić information content (AvgIpc) is 3.22. The van der Waals surface area contributed by atoms with E-state index >= 15 is 0 Å². The molecule has 1 N–H and O–H groups in total. The lowest BCUT2D eigenvalue weighted by molar-refractivity contribution is 0.185. The Labute approximate surface area is 176 Å². The van der Waals surface area contributed by atoms with E-state index in [1.54, 1.807) is 24.2 Å². The van der Waals surface area contributed by atoms with Gasteiger partial charge in [0.2, 0.25) is 0 Å². The molecule has 30 heavy (non-hydrogen) atoms. The number of piperazine rings is 1. The van der Waals surface area contributed by atoms with Gasteiger partial charge in [-0.1, -0.05) is 24.3 Å². The van der Waals surface area contributed by atoms with Gasteiger partial charge in [0.25, 0.3) is 0 Å². The zero-order chi connectivity index (χ0) is 20.8. The Kier molecular flexibility index (Phi) is 6.68. The maximum atomic E-state index is 9.04. The highest BCUT2D eigenvalue weighted by molar-refractivity contribution is 5.72. The number of hydrogen-bond acceptors (Lipinski definition) is 7. The molecule has 8 heteroatoms. The van der Waals surface area contributed by atoms with Gasteiger partial charge in [-0.3, -0.25) is 14.6 Å². The molecule has 0 spiro atoms. The molecule has 0 bridgehead atoms. The van der Waals surface area contributed by atoms with Crippen molar-refractivity contribution in [3.8, 4) is 11.3 Å². The van der Waals surface area contributed by atoms with Crippen molar-refractivity contribution < 1.29 is 9.84 Å². The van der Waals surface area contributed by atoms with E-state index in [0.717, 1.165) is 55.4 Å². The second-order valence-corrected chi connectivity index (χ2v) is 7.46. The van der Waals surface area contributed by atoms with Gasteiger partial charge in [0.05, 0.1) is 26.0 Å². The number of aromatic nitrogens is 4. The Morgan fingerprint density at radius 1 is 1.00 bits per heavy atom. The van der Waals surface area contributed by atoms with Crippen LogP contribution in [0.3, 0.4) is 0 Å². The van der Waals surface area contributed by atoms with Crippen molar-refractivity contribution in [1.82, 2.24) is 24.6 Å². The zero-order valence-electron chi connectivity index (χ0n) is 17.3. The monoisotopic (exact) mass is 408 g/mol. The first kappa shape index (κ1) is 20.5. The number of aliphatic hydroxyl groups is 1. The van der Waals surface area contributed by atoms with E-state index in [9.17, 15) is 0 Å². The van der Waals surface area contributed by atoms with Crippen LogP contribution in [0.2, 0.25) is 0 Å². The van der Waals surface area contributed by atoms with Crippen LogP contribution in [0.15, 0.2) is 49.1 Å². The first-order chi connectivity index (χ1) is 14.8. The molecular weight excluding hydrogens is 380 g/mol. The third-order valence-corrected chi connectivity index (χ3v) is 5.31. The number of aliphatic hydroxyl groups excluding tert-OH is 1. The van der Waals surface area contributed by atoms with Crippen LogP contribution in [0.5, 0.6) is 0 Å². The van der Waals surface area contributed by atoms with Gasteiger partial charge in [0.15, 0.2) is 5.82 Å². The van der Waals surface area contributed by atoms with Crippen molar-refractivity contribution in [2.75, 3.05) is 44.8 Å². The molecule has 158 valence electrons. The van der Waals surface area contributed by atoms with Gasteiger partial charge >= 0.3 is 0 Å². The minimum atomic E-state index is 0.106. The van der Waals surface area contributed by atoms with E-state index in [1.807, 2.05) is 12.4 Å². The van der Waals surface area contributed by atoms with Crippen LogP contribution in [0.25, 0.3) is 11.3 Å². The summed E-state index contributed by atoms with van der Waals surface area (Å²) >= 11 is 0. The van der Waals surface area contributed by atoms with Gasteiger partial charge in [-0.05, 0) is 5.56 Å². The molecule has 0 unspecified atom stereocenters. The average molecular weight is 409 g/mol. The van der Waals surface area contributed by atoms with E-state index in [4.69, 9.17) is 9.84 Å². The minimum Gasteiger partial charge on any atom is -0.394 e. The fourth-order valence-electron chi connectivity index (χ4n) is 3.78. The Morgan fingerprint density at radius 2 is 1.77 bits per heavy atom. The molecule has 1 aliphatic heterocycles. The molecule has 1 fully saturated rings. The highest BCUT2D eigenvalue weighted by atomic mass is 16.5. The number of benzene rings is 1. The first-order valence-electron chi connectivity index (χ1n) is 10.3. The normalized spacial score (nSPS) is 14.9. The summed E-state index contributed by atoms with van der Waals surface area (Å²) in [6, 6.07) is 8.32. The number of nitrogens with zero attached hydrogens (tertiary/aromatic N) is 6. The molecule has 1 aromatic carbocycles. The Morgan fingerprint density at radius 3 is 2.50 bits per heavy atom. The summed E-state index contributed by atoms with van der Waals surface area (Å²) < 4.78 is 6.99. The minimum absolute atomic E-state index is 0.106. The first-order valence-corrected chi connectivity index (χ1v) is 10.3. The summed E-state index contributed by atoms with van der Waals surface area (Å²) in [4.78, 5) is 14.0. The van der Waals surface area contributed by atoms with Crippen molar-refractivity contribution >= 4 is 5.82 Å². The maximum Gasteiger partial charge on any atom is 0.155 e. The van der Waals surface area contributed by atoms with Crippen molar-refractivity contribution in [2.24, 2.45) is 0 Å². The van der Waals surface area contributed by atoms with Crippen LogP contribution >= 0.6 is 0 Å². The lowest BCUT2D eigenvalue weighted by atomic mass is 10.1. The molecule has 0 atom stereocenters. The molecule has 0 radical (unpaired) electrons. The number of hydrogen-bond donors (Lipinski definition) is 1.